The molecule has 2 heterocycles. The minimum atomic E-state index is 0.0581. The van der Waals surface area contributed by atoms with Gasteiger partial charge < -0.3 is 10.2 Å². The van der Waals surface area contributed by atoms with Crippen molar-refractivity contribution in [3.05, 3.63) is 10.0 Å². The summed E-state index contributed by atoms with van der Waals surface area (Å²) in [5.74, 6) is 1.01. The highest BCUT2D eigenvalue weighted by molar-refractivity contribution is 7.11. The largest absolute Gasteiger partial charge is 0.338 e. The summed E-state index contributed by atoms with van der Waals surface area (Å²) in [7, 11) is 0. The number of hydrogen-bond donors (Lipinski definition) is 1. The Bertz CT molecular complexity index is 484. The van der Waals surface area contributed by atoms with Gasteiger partial charge in [0.05, 0.1) is 0 Å². The van der Waals surface area contributed by atoms with E-state index in [0.29, 0.717) is 18.4 Å². The quantitative estimate of drug-likeness (QED) is 0.933. The maximum absolute atomic E-state index is 12.0. The van der Waals surface area contributed by atoms with E-state index in [1.165, 1.54) is 30.7 Å². The van der Waals surface area contributed by atoms with Crippen molar-refractivity contribution in [1.29, 1.82) is 0 Å². The van der Waals surface area contributed by atoms with Gasteiger partial charge in [-0.15, -0.1) is 21.5 Å². The highest BCUT2D eigenvalue weighted by Crippen LogP contribution is 2.38. The van der Waals surface area contributed by atoms with E-state index >= 15 is 0 Å². The fraction of sp³-hybridized carbons (Fsp3) is 0.800. The summed E-state index contributed by atoms with van der Waals surface area (Å²) in [4.78, 5) is 13.9. The van der Waals surface area contributed by atoms with Crippen LogP contribution in [0.3, 0.4) is 0 Å². The van der Waals surface area contributed by atoms with E-state index in [4.69, 9.17) is 0 Å². The molecule has 2 amide bonds. The van der Waals surface area contributed by atoms with Crippen molar-refractivity contribution in [1.82, 2.24) is 20.4 Å². The molecule has 6 heteroatoms. The van der Waals surface area contributed by atoms with E-state index in [1.54, 1.807) is 11.3 Å². The van der Waals surface area contributed by atoms with E-state index in [9.17, 15) is 4.79 Å². The number of carbonyl (C=O) groups excluding carboxylic acids is 1. The molecule has 1 saturated carbocycles. The molecule has 1 atom stereocenters. The third kappa shape index (κ3) is 3.36. The van der Waals surface area contributed by atoms with Gasteiger partial charge in [0.15, 0.2) is 0 Å². The SMILES string of the molecule is CCNC(=O)N1CCCC(c2nnc(C3CCCC3)s2)C1. The van der Waals surface area contributed by atoms with E-state index in [2.05, 4.69) is 15.5 Å². The zero-order valence-corrected chi connectivity index (χ0v) is 13.5. The molecule has 2 fully saturated rings. The second kappa shape index (κ2) is 6.73. The first-order chi connectivity index (χ1) is 10.3. The molecule has 1 aliphatic carbocycles. The summed E-state index contributed by atoms with van der Waals surface area (Å²) in [6, 6.07) is 0.0581. The van der Waals surface area contributed by atoms with Crippen LogP contribution in [0.25, 0.3) is 0 Å². The first-order valence-electron chi connectivity index (χ1n) is 8.14. The number of likely N-dealkylation sites (tertiary alicyclic amines) is 1. The monoisotopic (exact) mass is 308 g/mol. The Labute approximate surface area is 130 Å². The highest BCUT2D eigenvalue weighted by Gasteiger charge is 2.28. The maximum Gasteiger partial charge on any atom is 0.317 e. The molecule has 1 saturated heterocycles. The molecule has 0 radical (unpaired) electrons. The van der Waals surface area contributed by atoms with Crippen molar-refractivity contribution in [2.24, 2.45) is 0 Å². The Hall–Kier alpha value is -1.17. The van der Waals surface area contributed by atoms with Gasteiger partial charge in [-0.1, -0.05) is 12.8 Å². The van der Waals surface area contributed by atoms with Crippen LogP contribution < -0.4 is 5.32 Å². The second-order valence-electron chi connectivity index (χ2n) is 6.08. The first-order valence-corrected chi connectivity index (χ1v) is 8.95. The molecule has 5 nitrogen and oxygen atoms in total. The van der Waals surface area contributed by atoms with Gasteiger partial charge in [0, 0.05) is 31.5 Å². The number of piperidine rings is 1. The van der Waals surface area contributed by atoms with Crippen molar-refractivity contribution < 1.29 is 4.79 Å². The lowest BCUT2D eigenvalue weighted by molar-refractivity contribution is 0.180. The molecule has 1 N–H and O–H groups in total. The molecular formula is C15H24N4OS. The number of nitrogens with one attached hydrogen (secondary N) is 1. The Morgan fingerprint density at radius 3 is 2.57 bits per heavy atom. The molecule has 116 valence electrons. The normalized spacial score (nSPS) is 23.5. The van der Waals surface area contributed by atoms with Crippen molar-refractivity contribution >= 4 is 17.4 Å². The predicted octanol–water partition coefficient (Wildman–Crippen LogP) is 3.10. The first kappa shape index (κ1) is 14.8. The van der Waals surface area contributed by atoms with E-state index < -0.39 is 0 Å². The van der Waals surface area contributed by atoms with Crippen LogP contribution in [0.1, 0.15) is 67.3 Å². The topological polar surface area (TPSA) is 58.1 Å². The molecule has 1 aromatic rings. The fourth-order valence-corrected chi connectivity index (χ4v) is 4.51. The van der Waals surface area contributed by atoms with E-state index in [-0.39, 0.29) is 6.03 Å². The standard InChI is InChI=1S/C15H24N4OS/c1-2-16-15(20)19-9-5-8-12(10-19)14-18-17-13(21-14)11-6-3-4-7-11/h11-12H,2-10H2,1H3,(H,16,20). The molecule has 1 aliphatic heterocycles. The van der Waals surface area contributed by atoms with Crippen LogP contribution >= 0.6 is 11.3 Å². The molecule has 1 unspecified atom stereocenters. The minimum absolute atomic E-state index is 0.0581. The number of urea groups is 1. The third-order valence-electron chi connectivity index (χ3n) is 4.55. The van der Waals surface area contributed by atoms with Crippen LogP contribution in [0.5, 0.6) is 0 Å². The van der Waals surface area contributed by atoms with Crippen LogP contribution in [-0.2, 0) is 0 Å². The lowest BCUT2D eigenvalue weighted by Gasteiger charge is -2.31. The summed E-state index contributed by atoms with van der Waals surface area (Å²) in [5.41, 5.74) is 0. The molecular weight excluding hydrogens is 284 g/mol. The van der Waals surface area contributed by atoms with Crippen LogP contribution in [0.15, 0.2) is 0 Å². The molecule has 0 bridgehead atoms. The van der Waals surface area contributed by atoms with Crippen LogP contribution in [-0.4, -0.2) is 40.8 Å². The smallest absolute Gasteiger partial charge is 0.317 e. The third-order valence-corrected chi connectivity index (χ3v) is 5.79. The summed E-state index contributed by atoms with van der Waals surface area (Å²) in [6.45, 7) is 4.28. The molecule has 21 heavy (non-hydrogen) atoms. The predicted molar refractivity (Wildman–Crippen MR) is 83.7 cm³/mol. The molecule has 1 aromatic heterocycles. The van der Waals surface area contributed by atoms with Gasteiger partial charge >= 0.3 is 6.03 Å². The second-order valence-corrected chi connectivity index (χ2v) is 7.12. The highest BCUT2D eigenvalue weighted by atomic mass is 32.1. The Morgan fingerprint density at radius 1 is 1.19 bits per heavy atom. The van der Waals surface area contributed by atoms with Gasteiger partial charge in [-0.3, -0.25) is 0 Å². The van der Waals surface area contributed by atoms with Gasteiger partial charge in [0.2, 0.25) is 0 Å². The molecule has 2 aliphatic rings. The van der Waals surface area contributed by atoms with Crippen LogP contribution in [0, 0.1) is 0 Å². The number of aromatic nitrogens is 2. The summed E-state index contributed by atoms with van der Waals surface area (Å²) >= 11 is 1.78. The average Bonchev–Trinajstić information content (AvgIpc) is 3.18. The number of hydrogen-bond acceptors (Lipinski definition) is 4. The van der Waals surface area contributed by atoms with Crippen molar-refractivity contribution in [2.45, 2.75) is 57.3 Å². The molecule has 0 aromatic carbocycles. The van der Waals surface area contributed by atoms with Gasteiger partial charge in [-0.05, 0) is 32.6 Å². The maximum atomic E-state index is 12.0. The Balaban J connectivity index is 1.64. The van der Waals surface area contributed by atoms with Gasteiger partial charge in [-0.2, -0.15) is 0 Å². The molecule has 0 spiro atoms. The fourth-order valence-electron chi connectivity index (χ4n) is 3.38. The van der Waals surface area contributed by atoms with Gasteiger partial charge in [0.25, 0.3) is 0 Å². The summed E-state index contributed by atoms with van der Waals surface area (Å²) in [5, 5.41) is 14.1. The van der Waals surface area contributed by atoms with Crippen LogP contribution in [0.2, 0.25) is 0 Å². The number of amides is 2. The minimum Gasteiger partial charge on any atom is -0.338 e. The van der Waals surface area contributed by atoms with Crippen molar-refractivity contribution in [3.63, 3.8) is 0 Å². The zero-order chi connectivity index (χ0) is 14.7. The number of nitrogens with zero attached hydrogens (tertiary/aromatic N) is 3. The van der Waals surface area contributed by atoms with E-state index in [1.807, 2.05) is 11.8 Å². The Morgan fingerprint density at radius 2 is 1.86 bits per heavy atom. The zero-order valence-electron chi connectivity index (χ0n) is 12.7. The van der Waals surface area contributed by atoms with Crippen molar-refractivity contribution in [3.8, 4) is 0 Å². The molecule has 3 rings (SSSR count). The summed E-state index contributed by atoms with van der Waals surface area (Å²) in [6.07, 6.45) is 7.37. The lowest BCUT2D eigenvalue weighted by Crippen LogP contribution is -2.44. The van der Waals surface area contributed by atoms with Gasteiger partial charge in [0.1, 0.15) is 10.0 Å². The lowest BCUT2D eigenvalue weighted by atomic mass is 9.99. The number of carbonyl (C=O) groups is 1. The van der Waals surface area contributed by atoms with Gasteiger partial charge in [-0.25, -0.2) is 4.79 Å². The average molecular weight is 308 g/mol. The van der Waals surface area contributed by atoms with E-state index in [0.717, 1.165) is 30.9 Å². The Kier molecular flexibility index (Phi) is 4.73. The summed E-state index contributed by atoms with van der Waals surface area (Å²) < 4.78 is 0. The van der Waals surface area contributed by atoms with Crippen molar-refractivity contribution in [2.75, 3.05) is 19.6 Å². The number of rotatable bonds is 3. The van der Waals surface area contributed by atoms with Crippen LogP contribution in [0.4, 0.5) is 4.79 Å².